The van der Waals surface area contributed by atoms with Crippen molar-refractivity contribution in [3.05, 3.63) is 82.5 Å². The van der Waals surface area contributed by atoms with Crippen LogP contribution in [-0.2, 0) is 11.2 Å². The summed E-state index contributed by atoms with van der Waals surface area (Å²) in [6, 6.07) is 17.2. The van der Waals surface area contributed by atoms with Crippen molar-refractivity contribution in [1.29, 1.82) is 0 Å². The van der Waals surface area contributed by atoms with E-state index < -0.39 is 0 Å². The van der Waals surface area contributed by atoms with Gasteiger partial charge >= 0.3 is 0 Å². The fourth-order valence-corrected chi connectivity index (χ4v) is 2.79. The maximum absolute atomic E-state index is 12.2. The molecule has 26 heavy (non-hydrogen) atoms. The lowest BCUT2D eigenvalue weighted by molar-refractivity contribution is -0.115. The van der Waals surface area contributed by atoms with Gasteiger partial charge in [-0.2, -0.15) is 0 Å². The van der Waals surface area contributed by atoms with Crippen LogP contribution >= 0.6 is 11.6 Å². The molecule has 0 radical (unpaired) electrons. The van der Waals surface area contributed by atoms with Crippen LogP contribution in [0.3, 0.4) is 0 Å². The molecule has 3 aromatic rings. The van der Waals surface area contributed by atoms with E-state index in [0.717, 1.165) is 22.4 Å². The molecule has 0 saturated carbocycles. The summed E-state index contributed by atoms with van der Waals surface area (Å²) in [6.45, 7) is 4.01. The van der Waals surface area contributed by atoms with Crippen molar-refractivity contribution < 1.29 is 4.79 Å². The van der Waals surface area contributed by atoms with Gasteiger partial charge in [0.1, 0.15) is 5.82 Å². The van der Waals surface area contributed by atoms with Crippen molar-refractivity contribution in [3.8, 4) is 0 Å². The molecule has 1 amide bonds. The number of benzene rings is 2. The predicted molar refractivity (Wildman–Crippen MR) is 107 cm³/mol. The summed E-state index contributed by atoms with van der Waals surface area (Å²) in [4.78, 5) is 16.5. The SMILES string of the molecule is Cc1cccc(CC(=O)Nc2ccc(Nc3cc(Cl)ccc3C)nc2)c1. The Labute approximate surface area is 158 Å². The fraction of sp³-hybridized carbons (Fsp3) is 0.143. The van der Waals surface area contributed by atoms with Gasteiger partial charge < -0.3 is 10.6 Å². The Morgan fingerprint density at radius 1 is 1.08 bits per heavy atom. The number of rotatable bonds is 5. The van der Waals surface area contributed by atoms with E-state index in [-0.39, 0.29) is 5.91 Å². The Morgan fingerprint density at radius 2 is 1.92 bits per heavy atom. The Morgan fingerprint density at radius 3 is 2.65 bits per heavy atom. The lowest BCUT2D eigenvalue weighted by Crippen LogP contribution is -2.14. The third-order valence-electron chi connectivity index (χ3n) is 3.96. The van der Waals surface area contributed by atoms with Gasteiger partial charge in [0.15, 0.2) is 0 Å². The number of pyridine rings is 1. The molecule has 4 nitrogen and oxygen atoms in total. The molecule has 0 saturated heterocycles. The second-order valence-corrected chi connectivity index (χ2v) is 6.67. The van der Waals surface area contributed by atoms with Gasteiger partial charge in [-0.3, -0.25) is 4.79 Å². The van der Waals surface area contributed by atoms with Crippen molar-refractivity contribution >= 4 is 34.7 Å². The summed E-state index contributed by atoms with van der Waals surface area (Å²) in [6.07, 6.45) is 1.97. The first-order chi connectivity index (χ1) is 12.5. The zero-order chi connectivity index (χ0) is 18.5. The zero-order valence-corrected chi connectivity index (χ0v) is 15.5. The van der Waals surface area contributed by atoms with Crippen LogP contribution in [-0.4, -0.2) is 10.9 Å². The number of amides is 1. The monoisotopic (exact) mass is 365 g/mol. The Bertz CT molecular complexity index is 923. The van der Waals surface area contributed by atoms with Crippen molar-refractivity contribution in [2.24, 2.45) is 0 Å². The number of hydrogen-bond acceptors (Lipinski definition) is 3. The molecule has 0 aliphatic heterocycles. The maximum Gasteiger partial charge on any atom is 0.228 e. The third-order valence-corrected chi connectivity index (χ3v) is 4.19. The largest absolute Gasteiger partial charge is 0.340 e. The molecule has 1 heterocycles. The predicted octanol–water partition coefficient (Wildman–Crippen LogP) is 5.28. The van der Waals surface area contributed by atoms with E-state index in [1.165, 1.54) is 0 Å². The fourth-order valence-electron chi connectivity index (χ4n) is 2.62. The Kier molecular flexibility index (Phi) is 5.54. The summed E-state index contributed by atoms with van der Waals surface area (Å²) >= 11 is 6.03. The summed E-state index contributed by atoms with van der Waals surface area (Å²) < 4.78 is 0. The van der Waals surface area contributed by atoms with E-state index in [9.17, 15) is 4.79 Å². The van der Waals surface area contributed by atoms with Gasteiger partial charge in [0.05, 0.1) is 18.3 Å². The van der Waals surface area contributed by atoms with Crippen LogP contribution in [0.4, 0.5) is 17.2 Å². The smallest absolute Gasteiger partial charge is 0.228 e. The standard InChI is InChI=1S/C21H20ClN3O/c1-14-4-3-5-16(10-14)11-21(26)24-18-8-9-20(23-13-18)25-19-12-17(22)7-6-15(19)2/h3-10,12-13H,11H2,1-2H3,(H,23,25)(H,24,26). The summed E-state index contributed by atoms with van der Waals surface area (Å²) in [7, 11) is 0. The molecule has 2 N–H and O–H groups in total. The average Bonchev–Trinajstić information content (AvgIpc) is 2.60. The van der Waals surface area contributed by atoms with Gasteiger partial charge in [-0.05, 0) is 49.2 Å². The van der Waals surface area contributed by atoms with E-state index in [1.807, 2.05) is 68.4 Å². The van der Waals surface area contributed by atoms with E-state index in [2.05, 4.69) is 15.6 Å². The van der Waals surface area contributed by atoms with E-state index in [0.29, 0.717) is 22.9 Å². The molecule has 0 spiro atoms. The second-order valence-electron chi connectivity index (χ2n) is 6.23. The number of halogens is 1. The molecule has 3 rings (SSSR count). The highest BCUT2D eigenvalue weighted by atomic mass is 35.5. The summed E-state index contributed by atoms with van der Waals surface area (Å²) in [5, 5.41) is 6.77. The van der Waals surface area contributed by atoms with Crippen molar-refractivity contribution in [1.82, 2.24) is 4.98 Å². The quantitative estimate of drug-likeness (QED) is 0.647. The molecule has 0 bridgehead atoms. The van der Waals surface area contributed by atoms with Crippen LogP contribution < -0.4 is 10.6 Å². The normalized spacial score (nSPS) is 10.4. The first-order valence-corrected chi connectivity index (χ1v) is 8.72. The van der Waals surface area contributed by atoms with Crippen molar-refractivity contribution in [3.63, 3.8) is 0 Å². The summed E-state index contributed by atoms with van der Waals surface area (Å²) in [5.74, 6) is 0.621. The number of aromatic nitrogens is 1. The first kappa shape index (κ1) is 18.0. The highest BCUT2D eigenvalue weighted by Gasteiger charge is 2.06. The highest BCUT2D eigenvalue weighted by molar-refractivity contribution is 6.30. The van der Waals surface area contributed by atoms with Crippen LogP contribution in [0, 0.1) is 13.8 Å². The number of anilines is 3. The Hall–Kier alpha value is -2.85. The van der Waals surface area contributed by atoms with Gasteiger partial charge in [-0.25, -0.2) is 4.98 Å². The molecule has 2 aromatic carbocycles. The number of carbonyl (C=O) groups excluding carboxylic acids is 1. The van der Waals surface area contributed by atoms with E-state index >= 15 is 0 Å². The molecular formula is C21H20ClN3O. The highest BCUT2D eigenvalue weighted by Crippen LogP contribution is 2.23. The van der Waals surface area contributed by atoms with Crippen molar-refractivity contribution in [2.45, 2.75) is 20.3 Å². The number of aryl methyl sites for hydroxylation is 2. The van der Waals surface area contributed by atoms with Gasteiger partial charge in [0.2, 0.25) is 5.91 Å². The van der Waals surface area contributed by atoms with E-state index in [1.54, 1.807) is 6.20 Å². The van der Waals surface area contributed by atoms with Crippen molar-refractivity contribution in [2.75, 3.05) is 10.6 Å². The molecule has 0 atom stereocenters. The Balaban J connectivity index is 1.62. The van der Waals surface area contributed by atoms with Gasteiger partial charge in [-0.15, -0.1) is 0 Å². The molecule has 0 unspecified atom stereocenters. The lowest BCUT2D eigenvalue weighted by Gasteiger charge is -2.10. The summed E-state index contributed by atoms with van der Waals surface area (Å²) in [5.41, 5.74) is 4.78. The lowest BCUT2D eigenvalue weighted by atomic mass is 10.1. The van der Waals surface area contributed by atoms with Gasteiger partial charge in [0.25, 0.3) is 0 Å². The molecule has 0 aliphatic carbocycles. The van der Waals surface area contributed by atoms with Crippen LogP contribution in [0.5, 0.6) is 0 Å². The minimum Gasteiger partial charge on any atom is -0.340 e. The molecule has 1 aromatic heterocycles. The zero-order valence-electron chi connectivity index (χ0n) is 14.7. The van der Waals surface area contributed by atoms with Gasteiger partial charge in [0, 0.05) is 10.7 Å². The number of hydrogen-bond donors (Lipinski definition) is 2. The number of carbonyl (C=O) groups is 1. The second kappa shape index (κ2) is 8.02. The van der Waals surface area contributed by atoms with Crippen LogP contribution in [0.2, 0.25) is 5.02 Å². The molecule has 0 fully saturated rings. The minimum absolute atomic E-state index is 0.0659. The van der Waals surface area contributed by atoms with E-state index in [4.69, 9.17) is 11.6 Å². The molecule has 0 aliphatic rings. The molecule has 132 valence electrons. The molecular weight excluding hydrogens is 346 g/mol. The first-order valence-electron chi connectivity index (χ1n) is 8.34. The van der Waals surface area contributed by atoms with Crippen LogP contribution in [0.1, 0.15) is 16.7 Å². The minimum atomic E-state index is -0.0659. The topological polar surface area (TPSA) is 54.0 Å². The van der Waals surface area contributed by atoms with Gasteiger partial charge in [-0.1, -0.05) is 47.5 Å². The van der Waals surface area contributed by atoms with Crippen LogP contribution in [0.15, 0.2) is 60.8 Å². The molecule has 5 heteroatoms. The van der Waals surface area contributed by atoms with Crippen LogP contribution in [0.25, 0.3) is 0 Å². The average molecular weight is 366 g/mol. The third kappa shape index (κ3) is 4.83. The number of nitrogens with one attached hydrogen (secondary N) is 2. The number of nitrogens with zero attached hydrogens (tertiary/aromatic N) is 1. The maximum atomic E-state index is 12.2.